The normalized spacial score (nSPS) is 21.2. The Bertz CT molecular complexity index is 707. The van der Waals surface area contributed by atoms with Crippen molar-refractivity contribution in [2.75, 3.05) is 50.5 Å². The van der Waals surface area contributed by atoms with Gasteiger partial charge in [0.2, 0.25) is 5.91 Å². The van der Waals surface area contributed by atoms with Gasteiger partial charge in [0.1, 0.15) is 6.61 Å². The molecule has 1 aromatic carbocycles. The van der Waals surface area contributed by atoms with E-state index in [1.807, 2.05) is 13.8 Å². The maximum atomic E-state index is 14.3. The van der Waals surface area contributed by atoms with Crippen LogP contribution in [0.1, 0.15) is 39.5 Å². The van der Waals surface area contributed by atoms with Crippen LogP contribution in [-0.2, 0) is 9.53 Å². The van der Waals surface area contributed by atoms with Gasteiger partial charge in [0, 0.05) is 49.8 Å². The fourth-order valence-electron chi connectivity index (χ4n) is 4.04. The molecule has 0 atom stereocenters. The molecule has 0 radical (unpaired) electrons. The van der Waals surface area contributed by atoms with Gasteiger partial charge in [-0.2, -0.15) is 0 Å². The van der Waals surface area contributed by atoms with Crippen molar-refractivity contribution in [2.24, 2.45) is 5.92 Å². The lowest BCUT2D eigenvalue weighted by Crippen LogP contribution is -2.39. The molecule has 10 heteroatoms. The number of hydrogen-bond donors (Lipinski definition) is 5. The number of nitrogens with one attached hydrogen (secondary N) is 2. The summed E-state index contributed by atoms with van der Waals surface area (Å²) in [6.07, 6.45) is 3.42. The fraction of sp³-hybridized carbons (Fsp3) is 0.682. The minimum Gasteiger partial charge on any atom is -0.489 e. The summed E-state index contributed by atoms with van der Waals surface area (Å²) in [5, 5.41) is 6.42. The summed E-state index contributed by atoms with van der Waals surface area (Å²) in [6.45, 7) is 8.30. The largest absolute Gasteiger partial charge is 0.489 e. The number of amides is 1. The number of morpholine rings is 1. The number of halogens is 1. The Kier molecular flexibility index (Phi) is 11.7. The number of nitrogens with zero attached hydrogens (tertiary/aromatic N) is 1. The average Bonchev–Trinajstić information content (AvgIpc) is 2.72. The van der Waals surface area contributed by atoms with E-state index in [4.69, 9.17) is 15.2 Å². The third-order valence-corrected chi connectivity index (χ3v) is 5.76. The Morgan fingerprint density at radius 1 is 1.22 bits per heavy atom. The summed E-state index contributed by atoms with van der Waals surface area (Å²) in [6, 6.07) is 3.34. The molecule has 1 heterocycles. The molecule has 32 heavy (non-hydrogen) atoms. The molecule has 3 rings (SSSR count). The number of ether oxygens (including phenoxy) is 2. The second kappa shape index (κ2) is 13.4. The first-order valence-corrected chi connectivity index (χ1v) is 11.0. The Morgan fingerprint density at radius 3 is 2.50 bits per heavy atom. The Balaban J connectivity index is 0.00000256. The molecule has 1 saturated heterocycles. The predicted octanol–water partition coefficient (Wildman–Crippen LogP) is 2.94. The molecular formula is C22H41FN6O3. The second-order valence-corrected chi connectivity index (χ2v) is 8.53. The number of hydrogen-bond acceptors (Lipinski definition) is 8. The SMILES string of the molecule is CC(C)NC(=O)[C@H]1CC[C@@H](Nc2cc(OCCN3CCOCC3)c(F)cc2N)CC1.N.N. The summed E-state index contributed by atoms with van der Waals surface area (Å²) >= 11 is 0. The highest BCUT2D eigenvalue weighted by molar-refractivity contribution is 5.79. The molecule has 0 bridgehead atoms. The number of nitrogen functional groups attached to an aromatic ring is 1. The molecule has 0 unspecified atom stereocenters. The van der Waals surface area contributed by atoms with Crippen molar-refractivity contribution in [3.8, 4) is 5.75 Å². The highest BCUT2D eigenvalue weighted by atomic mass is 19.1. The van der Waals surface area contributed by atoms with Gasteiger partial charge in [0.15, 0.2) is 11.6 Å². The second-order valence-electron chi connectivity index (χ2n) is 8.53. The molecule has 2 aliphatic rings. The van der Waals surface area contributed by atoms with Crippen LogP contribution in [0.4, 0.5) is 15.8 Å². The van der Waals surface area contributed by atoms with E-state index < -0.39 is 5.82 Å². The molecule has 10 N–H and O–H groups in total. The van der Waals surface area contributed by atoms with Gasteiger partial charge < -0.3 is 38.1 Å². The lowest BCUT2D eigenvalue weighted by Gasteiger charge is -2.30. The third-order valence-electron chi connectivity index (χ3n) is 5.76. The molecule has 1 amide bonds. The molecular weight excluding hydrogens is 415 g/mol. The summed E-state index contributed by atoms with van der Waals surface area (Å²) in [4.78, 5) is 14.4. The number of anilines is 2. The van der Waals surface area contributed by atoms with Crippen molar-refractivity contribution in [1.82, 2.24) is 22.5 Å². The third kappa shape index (κ3) is 8.09. The van der Waals surface area contributed by atoms with Gasteiger partial charge in [-0.1, -0.05) is 0 Å². The van der Waals surface area contributed by atoms with Crippen LogP contribution in [0.5, 0.6) is 5.75 Å². The van der Waals surface area contributed by atoms with E-state index in [9.17, 15) is 9.18 Å². The Hall–Kier alpha value is -2.14. The van der Waals surface area contributed by atoms with Crippen LogP contribution in [0, 0.1) is 11.7 Å². The first-order valence-electron chi connectivity index (χ1n) is 11.0. The van der Waals surface area contributed by atoms with Crippen molar-refractivity contribution in [3.63, 3.8) is 0 Å². The molecule has 2 fully saturated rings. The van der Waals surface area contributed by atoms with Crippen molar-refractivity contribution < 1.29 is 18.7 Å². The summed E-state index contributed by atoms with van der Waals surface area (Å²) in [5.74, 6) is -0.0326. The van der Waals surface area contributed by atoms with Gasteiger partial charge >= 0.3 is 0 Å². The van der Waals surface area contributed by atoms with Crippen LogP contribution >= 0.6 is 0 Å². The number of benzene rings is 1. The highest BCUT2D eigenvalue weighted by Gasteiger charge is 2.27. The van der Waals surface area contributed by atoms with E-state index in [1.54, 1.807) is 6.07 Å². The van der Waals surface area contributed by atoms with E-state index >= 15 is 0 Å². The zero-order valence-electron chi connectivity index (χ0n) is 19.5. The van der Waals surface area contributed by atoms with E-state index in [0.717, 1.165) is 58.5 Å². The first kappa shape index (κ1) is 27.9. The maximum absolute atomic E-state index is 14.3. The number of carbonyl (C=O) groups excluding carboxylic acids is 1. The molecule has 1 aliphatic carbocycles. The van der Waals surface area contributed by atoms with Gasteiger partial charge in [0.25, 0.3) is 0 Å². The molecule has 9 nitrogen and oxygen atoms in total. The molecule has 0 spiro atoms. The summed E-state index contributed by atoms with van der Waals surface area (Å²) in [5.41, 5.74) is 7.10. The van der Waals surface area contributed by atoms with Crippen LogP contribution in [0.2, 0.25) is 0 Å². The molecule has 0 aromatic heterocycles. The van der Waals surface area contributed by atoms with Crippen molar-refractivity contribution in [1.29, 1.82) is 0 Å². The van der Waals surface area contributed by atoms with Crippen LogP contribution in [0.3, 0.4) is 0 Å². The zero-order chi connectivity index (χ0) is 21.5. The zero-order valence-corrected chi connectivity index (χ0v) is 19.5. The van der Waals surface area contributed by atoms with Crippen LogP contribution in [-0.4, -0.2) is 62.3 Å². The monoisotopic (exact) mass is 456 g/mol. The van der Waals surface area contributed by atoms with Crippen molar-refractivity contribution in [3.05, 3.63) is 17.9 Å². The van der Waals surface area contributed by atoms with E-state index in [1.165, 1.54) is 6.07 Å². The van der Waals surface area contributed by atoms with Gasteiger partial charge in [-0.15, -0.1) is 0 Å². The first-order chi connectivity index (χ1) is 14.4. The predicted molar refractivity (Wildman–Crippen MR) is 126 cm³/mol. The van der Waals surface area contributed by atoms with Crippen LogP contribution < -0.4 is 33.4 Å². The fourth-order valence-corrected chi connectivity index (χ4v) is 4.04. The quantitative estimate of drug-likeness (QED) is 0.373. The van der Waals surface area contributed by atoms with Crippen molar-refractivity contribution >= 4 is 17.3 Å². The van der Waals surface area contributed by atoms with Gasteiger partial charge in [-0.25, -0.2) is 4.39 Å². The topological polar surface area (TPSA) is 159 Å². The summed E-state index contributed by atoms with van der Waals surface area (Å²) in [7, 11) is 0. The van der Waals surface area contributed by atoms with E-state index in [-0.39, 0.29) is 42.0 Å². The van der Waals surface area contributed by atoms with E-state index in [2.05, 4.69) is 15.5 Å². The smallest absolute Gasteiger partial charge is 0.223 e. The number of rotatable bonds is 8. The highest BCUT2D eigenvalue weighted by Crippen LogP contribution is 2.32. The average molecular weight is 457 g/mol. The molecule has 184 valence electrons. The number of nitrogens with two attached hydrogens (primary N) is 1. The minimum absolute atomic E-state index is 0. The lowest BCUT2D eigenvalue weighted by molar-refractivity contribution is -0.126. The Labute approximate surface area is 190 Å². The molecule has 1 aromatic rings. The van der Waals surface area contributed by atoms with Crippen LogP contribution in [0.25, 0.3) is 0 Å². The lowest BCUT2D eigenvalue weighted by atomic mass is 9.85. The van der Waals surface area contributed by atoms with Crippen molar-refractivity contribution in [2.45, 2.75) is 51.6 Å². The van der Waals surface area contributed by atoms with Gasteiger partial charge in [-0.05, 0) is 39.5 Å². The number of carbonyl (C=O) groups is 1. The van der Waals surface area contributed by atoms with Gasteiger partial charge in [-0.3, -0.25) is 9.69 Å². The van der Waals surface area contributed by atoms with Crippen LogP contribution in [0.15, 0.2) is 12.1 Å². The minimum atomic E-state index is -0.450. The van der Waals surface area contributed by atoms with E-state index in [0.29, 0.717) is 18.0 Å². The summed E-state index contributed by atoms with van der Waals surface area (Å²) < 4.78 is 25.3. The molecule has 1 saturated carbocycles. The molecule has 1 aliphatic heterocycles. The van der Waals surface area contributed by atoms with Gasteiger partial charge in [0.05, 0.1) is 24.6 Å². The standard InChI is InChI=1S/C22H35FN4O3.2H3N/c1-15(2)25-22(28)16-3-5-17(6-4-16)26-20-14-21(18(23)13-19(20)24)30-12-9-27-7-10-29-11-8-27;;/h13-17,26H,3-12,24H2,1-2H3,(H,25,28);2*1H3/t16-,17+;;. The maximum Gasteiger partial charge on any atom is 0.223 e. The Morgan fingerprint density at radius 2 is 1.88 bits per heavy atom.